The molecular weight excluding hydrogens is 190 g/mol. The fourth-order valence-electron chi connectivity index (χ4n) is 1.56. The summed E-state index contributed by atoms with van der Waals surface area (Å²) in [5.41, 5.74) is 0. The van der Waals surface area contributed by atoms with Crippen molar-refractivity contribution in [2.45, 2.75) is 44.9 Å². The summed E-state index contributed by atoms with van der Waals surface area (Å²) in [5, 5.41) is 10.1. The van der Waals surface area contributed by atoms with Crippen LogP contribution in [0.15, 0.2) is 0 Å². The smallest absolute Gasteiger partial charge is 0.0780 e. The third kappa shape index (κ3) is 13.4. The van der Waals surface area contributed by atoms with E-state index in [2.05, 4.69) is 21.1 Å². The molecule has 0 aliphatic rings. The maximum absolute atomic E-state index is 10.1. The Bertz CT molecular complexity index is 173. The van der Waals surface area contributed by atoms with Crippen molar-refractivity contribution < 1.29 is 14.4 Å². The molecule has 0 saturated heterocycles. The highest BCUT2D eigenvalue weighted by Crippen LogP contribution is 2.08. The van der Waals surface area contributed by atoms with Gasteiger partial charge in [-0.2, -0.15) is 0 Å². The minimum absolute atomic E-state index is 0.221. The standard InChI is InChI=1S/C12H25NO2/c1-13(2,3)11-9-7-5-4-6-8-10-12(14)15/h4-11H2,1-3H3. The molecule has 0 aromatic carbocycles. The maximum Gasteiger partial charge on any atom is 0.0780 e. The zero-order chi connectivity index (χ0) is 11.7. The molecule has 3 nitrogen and oxygen atoms in total. The van der Waals surface area contributed by atoms with E-state index in [1.807, 2.05) is 0 Å². The lowest BCUT2D eigenvalue weighted by molar-refractivity contribution is -0.870. The molecule has 3 heteroatoms. The van der Waals surface area contributed by atoms with E-state index in [0.29, 0.717) is 0 Å². The van der Waals surface area contributed by atoms with Gasteiger partial charge in [0.2, 0.25) is 0 Å². The quantitative estimate of drug-likeness (QED) is 0.428. The molecule has 0 radical (unpaired) electrons. The molecule has 0 fully saturated rings. The van der Waals surface area contributed by atoms with E-state index in [1.54, 1.807) is 0 Å². The average molecular weight is 215 g/mol. The predicted molar refractivity (Wildman–Crippen MR) is 60.2 cm³/mol. The molecule has 0 N–H and O–H groups in total. The average Bonchev–Trinajstić information content (AvgIpc) is 2.07. The number of aliphatic carboxylic acids is 1. The van der Waals surface area contributed by atoms with Crippen molar-refractivity contribution in [2.24, 2.45) is 0 Å². The van der Waals surface area contributed by atoms with Crippen LogP contribution < -0.4 is 5.11 Å². The topological polar surface area (TPSA) is 40.1 Å². The fourth-order valence-corrected chi connectivity index (χ4v) is 1.56. The molecule has 0 saturated carbocycles. The second kappa shape index (κ2) is 7.69. The Morgan fingerprint density at radius 2 is 1.40 bits per heavy atom. The van der Waals surface area contributed by atoms with Crippen LogP contribution in [0, 0.1) is 0 Å². The molecule has 0 rings (SSSR count). The zero-order valence-corrected chi connectivity index (χ0v) is 10.4. The van der Waals surface area contributed by atoms with Gasteiger partial charge >= 0.3 is 0 Å². The predicted octanol–water partition coefficient (Wildman–Crippen LogP) is 1.17. The summed E-state index contributed by atoms with van der Waals surface area (Å²) in [6, 6.07) is 0. The van der Waals surface area contributed by atoms with E-state index in [9.17, 15) is 9.90 Å². The van der Waals surface area contributed by atoms with Gasteiger partial charge < -0.3 is 14.4 Å². The van der Waals surface area contributed by atoms with Crippen molar-refractivity contribution in [1.29, 1.82) is 0 Å². The molecule has 90 valence electrons. The third-order valence-corrected chi connectivity index (χ3v) is 2.46. The van der Waals surface area contributed by atoms with Crippen LogP contribution in [0.25, 0.3) is 0 Å². The van der Waals surface area contributed by atoms with Gasteiger partial charge in [-0.15, -0.1) is 0 Å². The van der Waals surface area contributed by atoms with Crippen molar-refractivity contribution >= 4 is 5.97 Å². The molecule has 0 aromatic rings. The van der Waals surface area contributed by atoms with Crippen LogP contribution in [-0.4, -0.2) is 38.1 Å². The van der Waals surface area contributed by atoms with Crippen LogP contribution in [0.2, 0.25) is 0 Å². The van der Waals surface area contributed by atoms with Gasteiger partial charge in [0, 0.05) is 5.97 Å². The Morgan fingerprint density at radius 1 is 0.933 bits per heavy atom. The highest BCUT2D eigenvalue weighted by molar-refractivity contribution is 5.63. The van der Waals surface area contributed by atoms with Crippen molar-refractivity contribution in [3.05, 3.63) is 0 Å². The minimum Gasteiger partial charge on any atom is -0.550 e. The molecule has 0 bridgehead atoms. The highest BCUT2D eigenvalue weighted by atomic mass is 16.4. The van der Waals surface area contributed by atoms with Gasteiger partial charge in [0.1, 0.15) is 0 Å². The number of rotatable bonds is 9. The van der Waals surface area contributed by atoms with E-state index < -0.39 is 5.97 Å². The first-order chi connectivity index (χ1) is 6.92. The Labute approximate surface area is 93.7 Å². The molecule has 0 atom stereocenters. The summed E-state index contributed by atoms with van der Waals surface area (Å²) in [6.07, 6.45) is 6.94. The van der Waals surface area contributed by atoms with Crippen LogP contribution in [0.1, 0.15) is 44.9 Å². The minimum atomic E-state index is -0.917. The summed E-state index contributed by atoms with van der Waals surface area (Å²) in [5.74, 6) is -0.917. The van der Waals surface area contributed by atoms with E-state index in [4.69, 9.17) is 0 Å². The molecule has 0 heterocycles. The highest BCUT2D eigenvalue weighted by Gasteiger charge is 2.04. The number of nitrogens with zero attached hydrogens (tertiary/aromatic N) is 1. The summed E-state index contributed by atoms with van der Waals surface area (Å²) in [6.45, 7) is 1.22. The molecule has 0 aliphatic heterocycles. The van der Waals surface area contributed by atoms with Gasteiger partial charge in [0.15, 0.2) is 0 Å². The molecule has 0 aliphatic carbocycles. The molecule has 0 spiro atoms. The SMILES string of the molecule is C[N+](C)(C)CCCCCCCCC(=O)[O-]. The molecule has 0 aromatic heterocycles. The van der Waals surface area contributed by atoms with Gasteiger partial charge in [-0.1, -0.05) is 19.3 Å². The van der Waals surface area contributed by atoms with Crippen molar-refractivity contribution in [3.63, 3.8) is 0 Å². The Hall–Kier alpha value is -0.570. The van der Waals surface area contributed by atoms with Crippen molar-refractivity contribution in [2.75, 3.05) is 27.7 Å². The number of carboxylic acids is 1. The third-order valence-electron chi connectivity index (χ3n) is 2.46. The molecule has 0 amide bonds. The summed E-state index contributed by atoms with van der Waals surface area (Å²) in [7, 11) is 6.62. The second-order valence-corrected chi connectivity index (χ2v) is 5.26. The van der Waals surface area contributed by atoms with Gasteiger partial charge in [-0.3, -0.25) is 0 Å². The van der Waals surface area contributed by atoms with Crippen LogP contribution in [0.4, 0.5) is 0 Å². The summed E-state index contributed by atoms with van der Waals surface area (Å²) in [4.78, 5) is 10.1. The molecular formula is C12H25NO2. The van der Waals surface area contributed by atoms with Gasteiger partial charge in [-0.25, -0.2) is 0 Å². The van der Waals surface area contributed by atoms with E-state index in [-0.39, 0.29) is 6.42 Å². The summed E-state index contributed by atoms with van der Waals surface area (Å²) < 4.78 is 1.03. The van der Waals surface area contributed by atoms with Crippen molar-refractivity contribution in [3.8, 4) is 0 Å². The first-order valence-corrected chi connectivity index (χ1v) is 5.92. The summed E-state index contributed by atoms with van der Waals surface area (Å²) >= 11 is 0. The van der Waals surface area contributed by atoms with Gasteiger partial charge in [-0.05, 0) is 25.7 Å². The van der Waals surface area contributed by atoms with Gasteiger partial charge in [0.05, 0.1) is 27.7 Å². The lowest BCUT2D eigenvalue weighted by Gasteiger charge is -2.23. The fraction of sp³-hybridized carbons (Fsp3) is 0.917. The number of carboxylic acid groups (broad SMARTS) is 1. The first kappa shape index (κ1) is 14.4. The monoisotopic (exact) mass is 215 g/mol. The molecule has 15 heavy (non-hydrogen) atoms. The lowest BCUT2D eigenvalue weighted by Crippen LogP contribution is -2.35. The Kier molecular flexibility index (Phi) is 7.39. The molecule has 0 unspecified atom stereocenters. The number of carbonyl (C=O) groups is 1. The maximum atomic E-state index is 10.1. The zero-order valence-electron chi connectivity index (χ0n) is 10.4. The van der Waals surface area contributed by atoms with Crippen LogP contribution >= 0.6 is 0 Å². The number of carbonyl (C=O) groups excluding carboxylic acids is 1. The van der Waals surface area contributed by atoms with Crippen LogP contribution in [0.5, 0.6) is 0 Å². The van der Waals surface area contributed by atoms with Crippen LogP contribution in [-0.2, 0) is 4.79 Å². The number of hydrogen-bond acceptors (Lipinski definition) is 2. The lowest BCUT2D eigenvalue weighted by atomic mass is 10.1. The first-order valence-electron chi connectivity index (χ1n) is 5.92. The normalized spacial score (nSPS) is 11.7. The van der Waals surface area contributed by atoms with Gasteiger partial charge in [0.25, 0.3) is 0 Å². The largest absolute Gasteiger partial charge is 0.550 e. The Balaban J connectivity index is 3.09. The Morgan fingerprint density at radius 3 is 1.87 bits per heavy atom. The number of unbranched alkanes of at least 4 members (excludes halogenated alkanes) is 5. The van der Waals surface area contributed by atoms with Crippen molar-refractivity contribution in [1.82, 2.24) is 0 Å². The number of hydrogen-bond donors (Lipinski definition) is 0. The van der Waals surface area contributed by atoms with E-state index in [0.717, 1.165) is 23.7 Å². The van der Waals surface area contributed by atoms with Crippen LogP contribution in [0.3, 0.4) is 0 Å². The van der Waals surface area contributed by atoms with E-state index >= 15 is 0 Å². The van der Waals surface area contributed by atoms with E-state index in [1.165, 1.54) is 25.8 Å². The second-order valence-electron chi connectivity index (χ2n) is 5.26. The number of quaternary nitrogens is 1.